The first kappa shape index (κ1) is 15.7. The maximum absolute atomic E-state index is 12.2. The van der Waals surface area contributed by atoms with E-state index < -0.39 is 0 Å². The Hall–Kier alpha value is -1.70. The molecule has 1 amide bonds. The second-order valence-electron chi connectivity index (χ2n) is 4.69. The zero-order valence-corrected chi connectivity index (χ0v) is 12.9. The van der Waals surface area contributed by atoms with Crippen molar-refractivity contribution in [1.82, 2.24) is 15.3 Å². The Morgan fingerprint density at radius 2 is 2.43 bits per heavy atom. The van der Waals surface area contributed by atoms with E-state index in [2.05, 4.69) is 15.3 Å². The van der Waals surface area contributed by atoms with Gasteiger partial charge in [-0.25, -0.2) is 4.98 Å². The molecule has 2 aromatic rings. The fraction of sp³-hybridized carbons (Fsp3) is 0.429. The van der Waals surface area contributed by atoms with Gasteiger partial charge in [0.15, 0.2) is 0 Å². The van der Waals surface area contributed by atoms with Gasteiger partial charge < -0.3 is 20.1 Å². The molecule has 0 radical (unpaired) electrons. The molecule has 0 aliphatic rings. The lowest BCUT2D eigenvalue weighted by atomic mass is 10.2. The number of thiazole rings is 1. The number of aliphatic hydroxyl groups excluding tert-OH is 1. The molecule has 2 rings (SSSR count). The Morgan fingerprint density at radius 1 is 1.62 bits per heavy atom. The van der Waals surface area contributed by atoms with E-state index in [4.69, 9.17) is 9.84 Å². The Kier molecular flexibility index (Phi) is 5.49. The maximum Gasteiger partial charge on any atom is 0.268 e. The van der Waals surface area contributed by atoms with Gasteiger partial charge >= 0.3 is 0 Å². The summed E-state index contributed by atoms with van der Waals surface area (Å²) in [5, 5.41) is 14.8. The van der Waals surface area contributed by atoms with E-state index in [0.29, 0.717) is 18.7 Å². The average molecular weight is 309 g/mol. The van der Waals surface area contributed by atoms with Gasteiger partial charge in [-0.3, -0.25) is 4.79 Å². The zero-order chi connectivity index (χ0) is 15.2. The number of aliphatic hydroxyl groups is 1. The van der Waals surface area contributed by atoms with Gasteiger partial charge in [-0.2, -0.15) is 0 Å². The summed E-state index contributed by atoms with van der Waals surface area (Å²) in [6.45, 7) is 2.31. The highest BCUT2D eigenvalue weighted by Gasteiger charge is 2.15. The summed E-state index contributed by atoms with van der Waals surface area (Å²) in [6, 6.07) is 1.56. The third-order valence-electron chi connectivity index (χ3n) is 3.02. The minimum absolute atomic E-state index is 0.00236. The van der Waals surface area contributed by atoms with Crippen molar-refractivity contribution < 1.29 is 14.6 Å². The van der Waals surface area contributed by atoms with Crippen LogP contribution in [0.5, 0.6) is 0 Å². The lowest BCUT2D eigenvalue weighted by Gasteiger charge is -2.16. The lowest BCUT2D eigenvalue weighted by Crippen LogP contribution is -2.38. The lowest BCUT2D eigenvalue weighted by molar-refractivity contribution is 0.0874. The quantitative estimate of drug-likeness (QED) is 0.724. The van der Waals surface area contributed by atoms with Crippen LogP contribution in [0.4, 0.5) is 0 Å². The van der Waals surface area contributed by atoms with E-state index >= 15 is 0 Å². The van der Waals surface area contributed by atoms with Crippen LogP contribution in [0.1, 0.15) is 21.9 Å². The number of H-pyrrole nitrogens is 1. The molecule has 3 N–H and O–H groups in total. The topological polar surface area (TPSA) is 87.2 Å². The van der Waals surface area contributed by atoms with Crippen LogP contribution in [0.2, 0.25) is 0 Å². The van der Waals surface area contributed by atoms with E-state index in [0.717, 1.165) is 16.3 Å². The SMILES string of the molecule is COCC(CCO)NC(=O)c1cc(-c2csc(C)n2)c[nH]1. The number of carbonyl (C=O) groups excluding carboxylic acids is 1. The minimum atomic E-state index is -0.219. The first-order valence-corrected chi connectivity index (χ1v) is 7.53. The summed E-state index contributed by atoms with van der Waals surface area (Å²) in [6.07, 6.45) is 2.22. The van der Waals surface area contributed by atoms with Crippen LogP contribution in [0.25, 0.3) is 11.3 Å². The Morgan fingerprint density at radius 3 is 3.05 bits per heavy atom. The Balaban J connectivity index is 2.04. The van der Waals surface area contributed by atoms with E-state index in [1.165, 1.54) is 0 Å². The predicted molar refractivity (Wildman–Crippen MR) is 81.5 cm³/mol. The number of aromatic amines is 1. The molecule has 0 aliphatic heterocycles. The van der Waals surface area contributed by atoms with Crippen LogP contribution in [0, 0.1) is 6.92 Å². The number of methoxy groups -OCH3 is 1. The van der Waals surface area contributed by atoms with Crippen molar-refractivity contribution in [3.8, 4) is 11.3 Å². The standard InChI is InChI=1S/C14H19N3O3S/c1-9-16-13(8-21-9)10-5-12(15-6-10)14(19)17-11(3-4-18)7-20-2/h5-6,8,11,15,18H,3-4,7H2,1-2H3,(H,17,19). The zero-order valence-electron chi connectivity index (χ0n) is 12.0. The predicted octanol–water partition coefficient (Wildman–Crippen LogP) is 1.57. The molecule has 2 aromatic heterocycles. The van der Waals surface area contributed by atoms with Crippen LogP contribution < -0.4 is 5.32 Å². The molecule has 7 heteroatoms. The van der Waals surface area contributed by atoms with Gasteiger partial charge in [0, 0.05) is 30.9 Å². The molecular formula is C14H19N3O3S. The van der Waals surface area contributed by atoms with Crippen molar-refractivity contribution in [3.05, 3.63) is 28.3 Å². The third kappa shape index (κ3) is 4.13. The highest BCUT2D eigenvalue weighted by molar-refractivity contribution is 7.09. The van der Waals surface area contributed by atoms with Crippen molar-refractivity contribution in [1.29, 1.82) is 0 Å². The van der Waals surface area contributed by atoms with E-state index in [9.17, 15) is 4.79 Å². The average Bonchev–Trinajstić information content (AvgIpc) is 3.07. The Labute approximate surface area is 127 Å². The van der Waals surface area contributed by atoms with Crippen LogP contribution in [-0.4, -0.2) is 47.3 Å². The molecule has 1 unspecified atom stereocenters. The number of aromatic nitrogens is 2. The Bertz CT molecular complexity index is 588. The molecule has 6 nitrogen and oxygen atoms in total. The van der Waals surface area contributed by atoms with Crippen molar-refractivity contribution in [2.75, 3.05) is 20.3 Å². The van der Waals surface area contributed by atoms with Crippen molar-refractivity contribution in [3.63, 3.8) is 0 Å². The van der Waals surface area contributed by atoms with Crippen molar-refractivity contribution >= 4 is 17.2 Å². The summed E-state index contributed by atoms with van der Waals surface area (Å²) in [4.78, 5) is 19.5. The second-order valence-corrected chi connectivity index (χ2v) is 5.75. The second kappa shape index (κ2) is 7.35. The molecule has 0 fully saturated rings. The van der Waals surface area contributed by atoms with Crippen LogP contribution >= 0.6 is 11.3 Å². The number of hydrogen-bond acceptors (Lipinski definition) is 5. The number of nitrogens with one attached hydrogen (secondary N) is 2. The van der Waals surface area contributed by atoms with Crippen LogP contribution in [0.15, 0.2) is 17.6 Å². The fourth-order valence-electron chi connectivity index (χ4n) is 1.99. The molecule has 0 aromatic carbocycles. The van der Waals surface area contributed by atoms with Crippen LogP contribution in [-0.2, 0) is 4.74 Å². The van der Waals surface area contributed by atoms with Gasteiger partial charge in [0.1, 0.15) is 5.69 Å². The number of hydrogen-bond donors (Lipinski definition) is 3. The molecule has 2 heterocycles. The van der Waals surface area contributed by atoms with E-state index in [-0.39, 0.29) is 18.6 Å². The highest BCUT2D eigenvalue weighted by atomic mass is 32.1. The maximum atomic E-state index is 12.2. The third-order valence-corrected chi connectivity index (χ3v) is 3.80. The smallest absolute Gasteiger partial charge is 0.268 e. The molecule has 0 bridgehead atoms. The first-order valence-electron chi connectivity index (χ1n) is 6.65. The molecule has 0 spiro atoms. The van der Waals surface area contributed by atoms with Gasteiger partial charge in [-0.1, -0.05) is 0 Å². The summed E-state index contributed by atoms with van der Waals surface area (Å²) in [5.74, 6) is -0.219. The number of amides is 1. The first-order chi connectivity index (χ1) is 10.1. The number of carbonyl (C=O) groups is 1. The van der Waals surface area contributed by atoms with Gasteiger partial charge in [0.25, 0.3) is 5.91 Å². The number of nitrogens with zero attached hydrogens (tertiary/aromatic N) is 1. The summed E-state index contributed by atoms with van der Waals surface area (Å²) in [7, 11) is 1.56. The summed E-state index contributed by atoms with van der Waals surface area (Å²) in [5.41, 5.74) is 2.21. The molecule has 0 saturated carbocycles. The number of rotatable bonds is 7. The monoisotopic (exact) mass is 309 g/mol. The largest absolute Gasteiger partial charge is 0.396 e. The van der Waals surface area contributed by atoms with Gasteiger partial charge in [0.2, 0.25) is 0 Å². The fourth-order valence-corrected chi connectivity index (χ4v) is 2.61. The molecular weight excluding hydrogens is 290 g/mol. The molecule has 21 heavy (non-hydrogen) atoms. The van der Waals surface area contributed by atoms with E-state index in [1.54, 1.807) is 30.7 Å². The van der Waals surface area contributed by atoms with Gasteiger partial charge in [-0.15, -0.1) is 11.3 Å². The number of aryl methyl sites for hydroxylation is 1. The molecule has 114 valence electrons. The van der Waals surface area contributed by atoms with Crippen LogP contribution in [0.3, 0.4) is 0 Å². The normalized spacial score (nSPS) is 12.3. The summed E-state index contributed by atoms with van der Waals surface area (Å²) >= 11 is 1.57. The van der Waals surface area contributed by atoms with E-state index in [1.807, 2.05) is 12.3 Å². The molecule has 1 atom stereocenters. The molecule has 0 aliphatic carbocycles. The number of ether oxygens (including phenoxy) is 1. The van der Waals surface area contributed by atoms with Gasteiger partial charge in [-0.05, 0) is 19.4 Å². The van der Waals surface area contributed by atoms with Crippen molar-refractivity contribution in [2.24, 2.45) is 0 Å². The van der Waals surface area contributed by atoms with Gasteiger partial charge in [0.05, 0.1) is 23.4 Å². The highest BCUT2D eigenvalue weighted by Crippen LogP contribution is 2.22. The molecule has 0 saturated heterocycles. The van der Waals surface area contributed by atoms with Crippen molar-refractivity contribution in [2.45, 2.75) is 19.4 Å². The minimum Gasteiger partial charge on any atom is -0.396 e. The summed E-state index contributed by atoms with van der Waals surface area (Å²) < 4.78 is 5.03.